The Hall–Kier alpha value is -2.63. The molecule has 0 fully saturated rings. The highest BCUT2D eigenvalue weighted by Gasteiger charge is 2.12. The molecule has 0 saturated carbocycles. The Balaban J connectivity index is 2.37. The van der Waals surface area contributed by atoms with Crippen molar-refractivity contribution in [3.8, 4) is 0 Å². The lowest BCUT2D eigenvalue weighted by atomic mass is 10.1. The van der Waals surface area contributed by atoms with Crippen molar-refractivity contribution in [2.75, 3.05) is 0 Å². The summed E-state index contributed by atoms with van der Waals surface area (Å²) in [6.07, 6.45) is 0.283. The van der Waals surface area contributed by atoms with Crippen LogP contribution in [0.5, 0.6) is 0 Å². The van der Waals surface area contributed by atoms with Crippen LogP contribution in [0.4, 0.5) is 0 Å². The van der Waals surface area contributed by atoms with E-state index in [2.05, 4.69) is 0 Å². The fourth-order valence-corrected chi connectivity index (χ4v) is 1.68. The Labute approximate surface area is 113 Å². The van der Waals surface area contributed by atoms with Gasteiger partial charge in [0.05, 0.1) is 0 Å². The Kier molecular flexibility index (Phi) is 3.84. The molecule has 0 unspecified atom stereocenters. The van der Waals surface area contributed by atoms with Gasteiger partial charge in [-0.15, -0.1) is 0 Å². The quantitative estimate of drug-likeness (QED) is 0.677. The lowest BCUT2D eigenvalue weighted by Gasteiger charge is -2.05. The normalized spacial score (nSPS) is 10.4. The van der Waals surface area contributed by atoms with Gasteiger partial charge in [-0.1, -0.05) is 13.0 Å². The Morgan fingerprint density at radius 3 is 2.70 bits per heavy atom. The van der Waals surface area contributed by atoms with Crippen molar-refractivity contribution >= 4 is 22.9 Å². The van der Waals surface area contributed by atoms with E-state index in [1.165, 1.54) is 12.1 Å². The van der Waals surface area contributed by atoms with Gasteiger partial charge < -0.3 is 14.3 Å². The maximum absolute atomic E-state index is 11.4. The van der Waals surface area contributed by atoms with Gasteiger partial charge in [0.15, 0.2) is 0 Å². The molecule has 0 amide bonds. The fraction of sp³-hybridized carbons (Fsp3) is 0.214. The summed E-state index contributed by atoms with van der Waals surface area (Å²) in [6, 6.07) is 6.05. The van der Waals surface area contributed by atoms with E-state index < -0.39 is 17.2 Å². The molecule has 0 aliphatic heterocycles. The number of esters is 1. The number of fused-ring (bicyclic) bond motifs is 1. The van der Waals surface area contributed by atoms with Gasteiger partial charge in [-0.25, -0.2) is 9.59 Å². The van der Waals surface area contributed by atoms with Gasteiger partial charge in [0, 0.05) is 11.8 Å². The largest absolute Gasteiger partial charge is 0.477 e. The number of rotatable bonds is 4. The number of carboxylic acid groups (broad SMARTS) is 1. The van der Waals surface area contributed by atoms with Crippen LogP contribution in [-0.4, -0.2) is 17.0 Å². The van der Waals surface area contributed by atoms with Gasteiger partial charge in [-0.3, -0.25) is 4.79 Å². The van der Waals surface area contributed by atoms with Crippen molar-refractivity contribution < 1.29 is 23.8 Å². The van der Waals surface area contributed by atoms with Crippen LogP contribution in [0.3, 0.4) is 0 Å². The third-order valence-electron chi connectivity index (χ3n) is 2.72. The molecular formula is C14H12O6. The van der Waals surface area contributed by atoms with Crippen molar-refractivity contribution in [1.29, 1.82) is 0 Å². The lowest BCUT2D eigenvalue weighted by Crippen LogP contribution is -2.12. The number of carboxylic acids is 1. The number of benzene rings is 1. The maximum atomic E-state index is 11.4. The summed E-state index contributed by atoms with van der Waals surface area (Å²) in [4.78, 5) is 33.3. The lowest BCUT2D eigenvalue weighted by molar-refractivity contribution is -0.144. The molecule has 2 aromatic rings. The summed E-state index contributed by atoms with van der Waals surface area (Å²) in [7, 11) is 0. The molecule has 0 aliphatic rings. The molecule has 0 saturated heterocycles. The second kappa shape index (κ2) is 5.56. The molecule has 104 valence electrons. The number of hydrogen-bond acceptors (Lipinski definition) is 5. The topological polar surface area (TPSA) is 93.8 Å². The average Bonchev–Trinajstić information content (AvgIpc) is 2.43. The van der Waals surface area contributed by atoms with Gasteiger partial charge in [0.25, 0.3) is 0 Å². The highest BCUT2D eigenvalue weighted by Crippen LogP contribution is 2.16. The second-order valence-electron chi connectivity index (χ2n) is 4.14. The predicted octanol–water partition coefficient (Wildman–Crippen LogP) is 1.94. The molecule has 1 heterocycles. The first-order valence-electron chi connectivity index (χ1n) is 5.97. The first-order valence-corrected chi connectivity index (χ1v) is 5.97. The van der Waals surface area contributed by atoms with E-state index in [1.807, 2.05) is 0 Å². The summed E-state index contributed by atoms with van der Waals surface area (Å²) in [5, 5.41) is 9.34. The van der Waals surface area contributed by atoms with Gasteiger partial charge in [-0.2, -0.15) is 0 Å². The number of aromatic carboxylic acids is 1. The number of carbonyl (C=O) groups excluding carboxylic acids is 1. The van der Waals surface area contributed by atoms with Gasteiger partial charge >= 0.3 is 17.6 Å². The van der Waals surface area contributed by atoms with Crippen LogP contribution in [0, 0.1) is 0 Å². The molecule has 0 bridgehead atoms. The van der Waals surface area contributed by atoms with Crippen molar-refractivity contribution in [3.63, 3.8) is 0 Å². The third kappa shape index (κ3) is 2.85. The Bertz CT molecular complexity index is 728. The monoisotopic (exact) mass is 276 g/mol. The van der Waals surface area contributed by atoms with Gasteiger partial charge in [-0.05, 0) is 23.8 Å². The van der Waals surface area contributed by atoms with E-state index in [9.17, 15) is 14.4 Å². The van der Waals surface area contributed by atoms with E-state index >= 15 is 0 Å². The van der Waals surface area contributed by atoms with Crippen LogP contribution < -0.4 is 5.63 Å². The van der Waals surface area contributed by atoms with Gasteiger partial charge in [0.2, 0.25) is 0 Å². The molecule has 1 aromatic heterocycles. The Morgan fingerprint density at radius 1 is 1.30 bits per heavy atom. The van der Waals surface area contributed by atoms with E-state index in [0.29, 0.717) is 10.9 Å². The molecule has 0 radical (unpaired) electrons. The molecule has 20 heavy (non-hydrogen) atoms. The zero-order valence-corrected chi connectivity index (χ0v) is 10.7. The zero-order chi connectivity index (χ0) is 14.7. The van der Waals surface area contributed by atoms with Crippen LogP contribution in [0.25, 0.3) is 11.0 Å². The molecule has 1 aromatic carbocycles. The summed E-state index contributed by atoms with van der Waals surface area (Å²) in [5.74, 6) is -1.67. The third-order valence-corrected chi connectivity index (χ3v) is 2.72. The number of hydrogen-bond donors (Lipinski definition) is 1. The van der Waals surface area contributed by atoms with Crippen LogP contribution in [0.2, 0.25) is 0 Å². The minimum atomic E-state index is -1.34. The first kappa shape index (κ1) is 13.8. The second-order valence-corrected chi connectivity index (χ2v) is 4.14. The fourth-order valence-electron chi connectivity index (χ4n) is 1.68. The van der Waals surface area contributed by atoms with Gasteiger partial charge in [0.1, 0.15) is 17.8 Å². The maximum Gasteiger partial charge on any atom is 0.351 e. The van der Waals surface area contributed by atoms with Crippen molar-refractivity contribution in [1.82, 2.24) is 0 Å². The molecular weight excluding hydrogens is 264 g/mol. The van der Waals surface area contributed by atoms with E-state index in [4.69, 9.17) is 14.3 Å². The summed E-state index contributed by atoms with van der Waals surface area (Å²) >= 11 is 0. The molecule has 0 atom stereocenters. The molecule has 2 rings (SSSR count). The highest BCUT2D eigenvalue weighted by molar-refractivity contribution is 5.91. The molecule has 6 nitrogen and oxygen atoms in total. The van der Waals surface area contributed by atoms with E-state index in [-0.39, 0.29) is 24.6 Å². The van der Waals surface area contributed by atoms with Crippen LogP contribution in [-0.2, 0) is 16.1 Å². The summed E-state index contributed by atoms with van der Waals surface area (Å²) in [5.41, 5.74) is -0.356. The number of carbonyl (C=O) groups is 2. The molecule has 0 aliphatic carbocycles. The van der Waals surface area contributed by atoms with E-state index in [1.54, 1.807) is 19.1 Å². The molecule has 1 N–H and O–H groups in total. The SMILES string of the molecule is CCC(=O)OCc1ccc2oc(=O)c(C(=O)O)cc2c1. The van der Waals surface area contributed by atoms with E-state index in [0.717, 1.165) is 0 Å². The minimum absolute atomic E-state index is 0.0874. The van der Waals surface area contributed by atoms with Crippen molar-refractivity contribution in [2.24, 2.45) is 0 Å². The van der Waals surface area contributed by atoms with Crippen molar-refractivity contribution in [3.05, 3.63) is 45.8 Å². The molecule has 6 heteroatoms. The van der Waals surface area contributed by atoms with Crippen LogP contribution in [0.15, 0.2) is 33.5 Å². The van der Waals surface area contributed by atoms with Crippen LogP contribution >= 0.6 is 0 Å². The van der Waals surface area contributed by atoms with Crippen LogP contribution in [0.1, 0.15) is 29.3 Å². The zero-order valence-electron chi connectivity index (χ0n) is 10.7. The average molecular weight is 276 g/mol. The van der Waals surface area contributed by atoms with Crippen molar-refractivity contribution in [2.45, 2.75) is 20.0 Å². The Morgan fingerprint density at radius 2 is 2.05 bits per heavy atom. The smallest absolute Gasteiger partial charge is 0.351 e. The number of ether oxygens (including phenoxy) is 1. The summed E-state index contributed by atoms with van der Waals surface area (Å²) < 4.78 is 9.89. The highest BCUT2D eigenvalue weighted by atomic mass is 16.5. The standard InChI is InChI=1S/C14H12O6/c1-2-12(15)19-7-8-3-4-11-9(5-8)6-10(13(16)17)14(18)20-11/h3-6H,2,7H2,1H3,(H,16,17). The summed E-state index contributed by atoms with van der Waals surface area (Å²) in [6.45, 7) is 1.78. The molecule has 0 spiro atoms. The first-order chi connectivity index (χ1) is 9.51. The minimum Gasteiger partial charge on any atom is -0.477 e. The predicted molar refractivity (Wildman–Crippen MR) is 69.5 cm³/mol.